The van der Waals surface area contributed by atoms with E-state index in [1.54, 1.807) is 11.3 Å². The summed E-state index contributed by atoms with van der Waals surface area (Å²) in [5, 5.41) is 3.54. The number of furan rings is 1. The molecule has 0 unspecified atom stereocenters. The molecule has 0 saturated carbocycles. The number of hydrogen-bond donors (Lipinski definition) is 0. The molecule has 0 atom stereocenters. The highest BCUT2D eigenvalue weighted by molar-refractivity contribution is 7.25. The van der Waals surface area contributed by atoms with Crippen molar-refractivity contribution in [2.75, 3.05) is 0 Å². The summed E-state index contributed by atoms with van der Waals surface area (Å²) in [6.45, 7) is 0. The van der Waals surface area contributed by atoms with Gasteiger partial charge in [-0.1, -0.05) is 109 Å². The monoisotopic (exact) mass is 607 g/mol. The van der Waals surface area contributed by atoms with E-state index >= 15 is 0 Å². The standard InChI is InChI=1S/C41H25N3OS/c1-2-9-26(10-3-1)29-12-8-13-31(23-29)40-42-39(28-19-17-27(18-20-28)36-25-30-11-4-6-15-35(30)45-36)43-41(44-40)32-21-22-38-34(24-32)33-14-5-7-16-37(33)46-38/h1-25H. The quantitative estimate of drug-likeness (QED) is 0.195. The zero-order chi connectivity index (χ0) is 30.5. The van der Waals surface area contributed by atoms with Crippen molar-refractivity contribution in [2.45, 2.75) is 0 Å². The number of thiophene rings is 1. The van der Waals surface area contributed by atoms with Crippen molar-refractivity contribution in [3.05, 3.63) is 152 Å². The summed E-state index contributed by atoms with van der Waals surface area (Å²) in [5.41, 5.74) is 6.94. The Hall–Kier alpha value is -5.91. The highest BCUT2D eigenvalue weighted by Gasteiger charge is 2.15. The fraction of sp³-hybridized carbons (Fsp3) is 0. The molecule has 0 saturated heterocycles. The van der Waals surface area contributed by atoms with Gasteiger partial charge in [0, 0.05) is 47.8 Å². The number of fused-ring (bicyclic) bond motifs is 4. The van der Waals surface area contributed by atoms with Gasteiger partial charge in [-0.3, -0.25) is 0 Å². The molecule has 4 nitrogen and oxygen atoms in total. The van der Waals surface area contributed by atoms with Crippen molar-refractivity contribution in [3.8, 4) is 56.6 Å². The van der Waals surface area contributed by atoms with E-state index in [4.69, 9.17) is 19.4 Å². The molecule has 3 heterocycles. The van der Waals surface area contributed by atoms with Crippen LogP contribution in [0.1, 0.15) is 0 Å². The van der Waals surface area contributed by atoms with Crippen LogP contribution >= 0.6 is 11.3 Å². The highest BCUT2D eigenvalue weighted by atomic mass is 32.1. The zero-order valence-corrected chi connectivity index (χ0v) is 25.4. The van der Waals surface area contributed by atoms with Gasteiger partial charge in [-0.05, 0) is 53.6 Å². The summed E-state index contributed by atoms with van der Waals surface area (Å²) in [7, 11) is 0. The molecule has 3 aromatic heterocycles. The lowest BCUT2D eigenvalue weighted by atomic mass is 10.0. The Bertz CT molecular complexity index is 2500. The van der Waals surface area contributed by atoms with E-state index in [1.165, 1.54) is 20.2 Å². The van der Waals surface area contributed by atoms with Crippen LogP contribution in [0.5, 0.6) is 0 Å². The molecule has 46 heavy (non-hydrogen) atoms. The summed E-state index contributed by atoms with van der Waals surface area (Å²) in [6.07, 6.45) is 0. The lowest BCUT2D eigenvalue weighted by Crippen LogP contribution is -2.00. The average Bonchev–Trinajstić information content (AvgIpc) is 3.74. The van der Waals surface area contributed by atoms with Crippen LogP contribution < -0.4 is 0 Å². The summed E-state index contributed by atoms with van der Waals surface area (Å²) in [4.78, 5) is 15.1. The fourth-order valence-electron chi connectivity index (χ4n) is 6.00. The Morgan fingerprint density at radius 1 is 0.391 bits per heavy atom. The molecular formula is C41H25N3OS. The van der Waals surface area contributed by atoms with E-state index in [2.05, 4.69) is 127 Å². The van der Waals surface area contributed by atoms with Gasteiger partial charge in [0.15, 0.2) is 17.5 Å². The van der Waals surface area contributed by atoms with Gasteiger partial charge in [-0.25, -0.2) is 15.0 Å². The Morgan fingerprint density at radius 2 is 1.00 bits per heavy atom. The van der Waals surface area contributed by atoms with Gasteiger partial charge in [0.05, 0.1) is 0 Å². The summed E-state index contributed by atoms with van der Waals surface area (Å²) in [5.74, 6) is 2.73. The van der Waals surface area contributed by atoms with Crippen molar-refractivity contribution in [3.63, 3.8) is 0 Å². The third kappa shape index (κ3) is 4.74. The van der Waals surface area contributed by atoms with Crippen LogP contribution in [0.2, 0.25) is 0 Å². The lowest BCUT2D eigenvalue weighted by molar-refractivity contribution is 0.631. The smallest absolute Gasteiger partial charge is 0.164 e. The third-order valence-corrected chi connectivity index (χ3v) is 9.50. The molecule has 5 heteroatoms. The van der Waals surface area contributed by atoms with E-state index in [1.807, 2.05) is 24.3 Å². The SMILES string of the molecule is c1ccc(-c2cccc(-c3nc(-c4ccc(-c5cc6ccccc6o5)cc4)nc(-c4ccc5sc6ccccc6c5c4)n3)c2)cc1. The van der Waals surface area contributed by atoms with Gasteiger partial charge < -0.3 is 4.42 Å². The average molecular weight is 608 g/mol. The molecule has 0 spiro atoms. The van der Waals surface area contributed by atoms with Crippen LogP contribution in [0.25, 0.3) is 87.8 Å². The first-order valence-corrected chi connectivity index (χ1v) is 16.0. The topological polar surface area (TPSA) is 51.8 Å². The molecule has 0 amide bonds. The molecule has 0 aliphatic rings. The van der Waals surface area contributed by atoms with Gasteiger partial charge >= 0.3 is 0 Å². The van der Waals surface area contributed by atoms with E-state index in [0.717, 1.165) is 50.1 Å². The van der Waals surface area contributed by atoms with E-state index in [0.29, 0.717) is 17.5 Å². The Labute approximate surface area is 269 Å². The number of nitrogens with zero attached hydrogens (tertiary/aromatic N) is 3. The van der Waals surface area contributed by atoms with Crippen LogP contribution in [0, 0.1) is 0 Å². The minimum Gasteiger partial charge on any atom is -0.456 e. The molecular weight excluding hydrogens is 583 g/mol. The Balaban J connectivity index is 1.18. The molecule has 0 bridgehead atoms. The predicted octanol–water partition coefficient (Wildman–Crippen LogP) is 11.3. The van der Waals surface area contributed by atoms with E-state index in [-0.39, 0.29) is 0 Å². The summed E-state index contributed by atoms with van der Waals surface area (Å²) < 4.78 is 8.64. The van der Waals surface area contributed by atoms with E-state index in [9.17, 15) is 0 Å². The second kappa shape index (κ2) is 10.9. The molecule has 0 N–H and O–H groups in total. The van der Waals surface area contributed by atoms with Crippen molar-refractivity contribution >= 4 is 42.5 Å². The summed E-state index contributed by atoms with van der Waals surface area (Å²) in [6, 6.07) is 52.2. The zero-order valence-electron chi connectivity index (χ0n) is 24.6. The van der Waals surface area contributed by atoms with Crippen molar-refractivity contribution in [1.29, 1.82) is 0 Å². The van der Waals surface area contributed by atoms with Gasteiger partial charge in [-0.2, -0.15) is 0 Å². The van der Waals surface area contributed by atoms with Crippen LogP contribution in [0.15, 0.2) is 156 Å². The molecule has 0 aliphatic carbocycles. The Kier molecular flexibility index (Phi) is 6.28. The number of benzene rings is 6. The van der Waals surface area contributed by atoms with Crippen LogP contribution in [0.3, 0.4) is 0 Å². The molecule has 0 aliphatic heterocycles. The largest absolute Gasteiger partial charge is 0.456 e. The Morgan fingerprint density at radius 3 is 1.83 bits per heavy atom. The normalized spacial score (nSPS) is 11.5. The molecule has 9 aromatic rings. The van der Waals surface area contributed by atoms with Crippen LogP contribution in [-0.2, 0) is 0 Å². The van der Waals surface area contributed by atoms with Crippen molar-refractivity contribution < 1.29 is 4.42 Å². The summed E-state index contributed by atoms with van der Waals surface area (Å²) >= 11 is 1.80. The predicted molar refractivity (Wildman–Crippen MR) is 190 cm³/mol. The van der Waals surface area contributed by atoms with Crippen molar-refractivity contribution in [2.24, 2.45) is 0 Å². The first-order valence-electron chi connectivity index (χ1n) is 15.2. The highest BCUT2D eigenvalue weighted by Crippen LogP contribution is 2.37. The molecule has 6 aromatic carbocycles. The van der Waals surface area contributed by atoms with Gasteiger partial charge in [0.1, 0.15) is 11.3 Å². The first-order chi connectivity index (χ1) is 22.7. The number of rotatable bonds is 5. The molecule has 0 radical (unpaired) electrons. The van der Waals surface area contributed by atoms with Gasteiger partial charge in [-0.15, -0.1) is 11.3 Å². The number of aromatic nitrogens is 3. The fourth-order valence-corrected chi connectivity index (χ4v) is 7.09. The van der Waals surface area contributed by atoms with Crippen molar-refractivity contribution in [1.82, 2.24) is 15.0 Å². The van der Waals surface area contributed by atoms with E-state index < -0.39 is 0 Å². The lowest BCUT2D eigenvalue weighted by Gasteiger charge is -2.10. The maximum Gasteiger partial charge on any atom is 0.164 e. The molecule has 9 rings (SSSR count). The maximum absolute atomic E-state index is 6.12. The maximum atomic E-state index is 6.12. The number of para-hydroxylation sites is 1. The second-order valence-corrected chi connectivity index (χ2v) is 12.4. The van der Waals surface area contributed by atoms with Crippen LogP contribution in [-0.4, -0.2) is 15.0 Å². The molecule has 0 fully saturated rings. The number of hydrogen-bond acceptors (Lipinski definition) is 5. The minimum absolute atomic E-state index is 0.622. The van der Waals surface area contributed by atoms with Crippen LogP contribution in [0.4, 0.5) is 0 Å². The first kappa shape index (κ1) is 26.5. The van der Waals surface area contributed by atoms with Gasteiger partial charge in [0.2, 0.25) is 0 Å². The molecule has 216 valence electrons. The third-order valence-electron chi connectivity index (χ3n) is 8.35. The van der Waals surface area contributed by atoms with Gasteiger partial charge in [0.25, 0.3) is 0 Å². The minimum atomic E-state index is 0.622. The second-order valence-electron chi connectivity index (χ2n) is 11.3.